The maximum Gasteiger partial charge on any atom is 0.0945 e. The van der Waals surface area contributed by atoms with Gasteiger partial charge >= 0.3 is 0 Å². The maximum atomic E-state index is 4.07. The van der Waals surface area contributed by atoms with E-state index >= 15 is 0 Å². The van der Waals surface area contributed by atoms with Crippen LogP contribution in [0, 0.1) is 0 Å². The number of rotatable bonds is 6. The van der Waals surface area contributed by atoms with E-state index in [4.69, 9.17) is 0 Å². The topological polar surface area (TPSA) is 34.8 Å². The molecule has 0 unspecified atom stereocenters. The van der Waals surface area contributed by atoms with Crippen LogP contribution in [-0.4, -0.2) is 20.7 Å². The Morgan fingerprint density at radius 2 is 1.92 bits per heavy atom. The fourth-order valence-electron chi connectivity index (χ4n) is 3.36. The van der Waals surface area contributed by atoms with Crippen molar-refractivity contribution in [3.8, 4) is 0 Å². The standard InChI is InChI=1S/C20H22N4/c1-23-19-6-3-2-5-17(19)18-13-16(7-8-20(18)23)14-21-9-4-11-24-12-10-22-15-24/h2-3,5-8,10,12-13,15,21H,4,9,11,14H2,1H3. The van der Waals surface area contributed by atoms with Crippen molar-refractivity contribution in [2.45, 2.75) is 19.5 Å². The molecule has 2 heterocycles. The average molecular weight is 318 g/mol. The van der Waals surface area contributed by atoms with Crippen LogP contribution < -0.4 is 5.32 Å². The molecule has 0 aliphatic rings. The molecule has 4 nitrogen and oxygen atoms in total. The Bertz CT molecular complexity index is 951. The molecule has 1 N–H and O–H groups in total. The second-order valence-corrected chi connectivity index (χ2v) is 6.26. The Hall–Kier alpha value is -2.59. The van der Waals surface area contributed by atoms with E-state index < -0.39 is 0 Å². The number of nitrogens with one attached hydrogen (secondary N) is 1. The Labute approximate surface area is 141 Å². The second-order valence-electron chi connectivity index (χ2n) is 6.26. The normalized spacial score (nSPS) is 11.5. The van der Waals surface area contributed by atoms with E-state index in [2.05, 4.69) is 68.9 Å². The lowest BCUT2D eigenvalue weighted by Crippen LogP contribution is -2.16. The molecular formula is C20H22N4. The minimum atomic E-state index is 0.906. The van der Waals surface area contributed by atoms with Gasteiger partial charge in [-0.1, -0.05) is 24.3 Å². The monoisotopic (exact) mass is 318 g/mol. The summed E-state index contributed by atoms with van der Waals surface area (Å²) < 4.78 is 4.39. The van der Waals surface area contributed by atoms with Crippen molar-refractivity contribution >= 4 is 21.8 Å². The quantitative estimate of drug-likeness (QED) is 0.550. The Balaban J connectivity index is 1.44. The molecular weight excluding hydrogens is 296 g/mol. The highest BCUT2D eigenvalue weighted by atomic mass is 15.0. The number of hydrogen-bond acceptors (Lipinski definition) is 2. The molecule has 2 aromatic heterocycles. The highest BCUT2D eigenvalue weighted by Crippen LogP contribution is 2.28. The van der Waals surface area contributed by atoms with Crippen LogP contribution in [0.4, 0.5) is 0 Å². The van der Waals surface area contributed by atoms with E-state index in [1.165, 1.54) is 27.4 Å². The van der Waals surface area contributed by atoms with E-state index in [0.717, 1.165) is 26.1 Å². The molecule has 0 fully saturated rings. The molecule has 24 heavy (non-hydrogen) atoms. The van der Waals surface area contributed by atoms with E-state index in [0.29, 0.717) is 0 Å². The number of hydrogen-bond donors (Lipinski definition) is 1. The first-order valence-electron chi connectivity index (χ1n) is 8.45. The largest absolute Gasteiger partial charge is 0.344 e. The lowest BCUT2D eigenvalue weighted by Gasteiger charge is -2.06. The number of para-hydroxylation sites is 1. The third-order valence-corrected chi connectivity index (χ3v) is 4.64. The van der Waals surface area contributed by atoms with E-state index in [-0.39, 0.29) is 0 Å². The number of aromatic nitrogens is 3. The van der Waals surface area contributed by atoms with Crippen molar-refractivity contribution in [1.82, 2.24) is 19.4 Å². The van der Waals surface area contributed by atoms with Gasteiger partial charge < -0.3 is 14.5 Å². The van der Waals surface area contributed by atoms with Gasteiger partial charge in [-0.2, -0.15) is 0 Å². The third kappa shape index (κ3) is 2.81. The van der Waals surface area contributed by atoms with Gasteiger partial charge in [0.25, 0.3) is 0 Å². The zero-order valence-corrected chi connectivity index (χ0v) is 13.9. The zero-order valence-electron chi connectivity index (χ0n) is 13.9. The van der Waals surface area contributed by atoms with Crippen LogP contribution in [0.1, 0.15) is 12.0 Å². The van der Waals surface area contributed by atoms with Gasteiger partial charge in [-0.25, -0.2) is 4.98 Å². The first-order valence-corrected chi connectivity index (χ1v) is 8.45. The van der Waals surface area contributed by atoms with Crippen molar-refractivity contribution in [1.29, 1.82) is 0 Å². The number of benzene rings is 2. The van der Waals surface area contributed by atoms with Crippen LogP contribution >= 0.6 is 0 Å². The molecule has 0 radical (unpaired) electrons. The summed E-state index contributed by atoms with van der Waals surface area (Å²) in [4.78, 5) is 4.07. The number of fused-ring (bicyclic) bond motifs is 3. The van der Waals surface area contributed by atoms with E-state index in [1.54, 1.807) is 0 Å². The minimum Gasteiger partial charge on any atom is -0.344 e. The van der Waals surface area contributed by atoms with Gasteiger partial charge in [0.2, 0.25) is 0 Å². The molecule has 122 valence electrons. The summed E-state index contributed by atoms with van der Waals surface area (Å²) >= 11 is 0. The highest BCUT2D eigenvalue weighted by Gasteiger charge is 2.07. The Morgan fingerprint density at radius 1 is 1.04 bits per heavy atom. The van der Waals surface area contributed by atoms with Crippen molar-refractivity contribution < 1.29 is 0 Å². The number of aryl methyl sites for hydroxylation is 2. The average Bonchev–Trinajstić information content (AvgIpc) is 3.23. The van der Waals surface area contributed by atoms with Crippen molar-refractivity contribution in [3.63, 3.8) is 0 Å². The highest BCUT2D eigenvalue weighted by molar-refractivity contribution is 6.08. The van der Waals surface area contributed by atoms with E-state index in [1.807, 2.05) is 18.7 Å². The predicted molar refractivity (Wildman–Crippen MR) is 99.0 cm³/mol. The van der Waals surface area contributed by atoms with Crippen molar-refractivity contribution in [2.24, 2.45) is 7.05 Å². The molecule has 0 aliphatic carbocycles. The van der Waals surface area contributed by atoms with Gasteiger partial charge in [0, 0.05) is 54.3 Å². The summed E-state index contributed by atoms with van der Waals surface area (Å²) in [7, 11) is 2.14. The van der Waals surface area contributed by atoms with Gasteiger partial charge in [0.1, 0.15) is 0 Å². The molecule has 4 heteroatoms. The van der Waals surface area contributed by atoms with Crippen LogP contribution in [0.5, 0.6) is 0 Å². The van der Waals surface area contributed by atoms with E-state index in [9.17, 15) is 0 Å². The first kappa shape index (κ1) is 15.0. The lowest BCUT2D eigenvalue weighted by atomic mass is 10.1. The third-order valence-electron chi connectivity index (χ3n) is 4.64. The molecule has 0 bridgehead atoms. The predicted octanol–water partition coefficient (Wildman–Crippen LogP) is 3.71. The zero-order chi connectivity index (χ0) is 16.4. The molecule has 4 aromatic rings. The van der Waals surface area contributed by atoms with Crippen molar-refractivity contribution in [2.75, 3.05) is 6.54 Å². The molecule has 0 amide bonds. The van der Waals surface area contributed by atoms with Crippen LogP contribution in [0.3, 0.4) is 0 Å². The minimum absolute atomic E-state index is 0.906. The SMILES string of the molecule is Cn1c2ccccc2c2cc(CNCCCn3ccnc3)ccc21. The van der Waals surface area contributed by atoms with Crippen LogP contribution in [0.15, 0.2) is 61.2 Å². The smallest absolute Gasteiger partial charge is 0.0945 e. The Kier molecular flexibility index (Phi) is 4.05. The first-order chi connectivity index (χ1) is 11.8. The summed E-state index contributed by atoms with van der Waals surface area (Å²) in [6.45, 7) is 2.92. The van der Waals surface area contributed by atoms with Gasteiger partial charge in [0.05, 0.1) is 6.33 Å². The molecule has 2 aromatic carbocycles. The van der Waals surface area contributed by atoms with Gasteiger partial charge in [-0.3, -0.25) is 0 Å². The lowest BCUT2D eigenvalue weighted by molar-refractivity contribution is 0.581. The summed E-state index contributed by atoms with van der Waals surface area (Å²) in [6, 6.07) is 15.4. The van der Waals surface area contributed by atoms with Gasteiger partial charge in [0.15, 0.2) is 0 Å². The molecule has 4 rings (SSSR count). The number of imidazole rings is 1. The molecule has 0 aliphatic heterocycles. The summed E-state index contributed by atoms with van der Waals surface area (Å²) in [6.07, 6.45) is 6.81. The fourth-order valence-corrected chi connectivity index (χ4v) is 3.36. The molecule has 0 spiro atoms. The molecule has 0 saturated carbocycles. The van der Waals surface area contributed by atoms with Gasteiger partial charge in [-0.15, -0.1) is 0 Å². The molecule has 0 saturated heterocycles. The van der Waals surface area contributed by atoms with Gasteiger partial charge in [-0.05, 0) is 36.7 Å². The van der Waals surface area contributed by atoms with Crippen molar-refractivity contribution in [3.05, 3.63) is 66.7 Å². The summed E-state index contributed by atoms with van der Waals surface area (Å²) in [5.74, 6) is 0. The number of nitrogens with zero attached hydrogens (tertiary/aromatic N) is 3. The Morgan fingerprint density at radius 3 is 2.79 bits per heavy atom. The van der Waals surface area contributed by atoms with Crippen LogP contribution in [0.25, 0.3) is 21.8 Å². The summed E-state index contributed by atoms with van der Waals surface area (Å²) in [5, 5.41) is 6.21. The molecule has 0 atom stereocenters. The maximum absolute atomic E-state index is 4.07. The van der Waals surface area contributed by atoms with Crippen LogP contribution in [0.2, 0.25) is 0 Å². The van der Waals surface area contributed by atoms with Crippen LogP contribution in [-0.2, 0) is 20.1 Å². The second kappa shape index (κ2) is 6.49. The summed E-state index contributed by atoms with van der Waals surface area (Å²) in [5.41, 5.74) is 3.92. The fraction of sp³-hybridized carbons (Fsp3) is 0.250.